The van der Waals surface area contributed by atoms with Crippen LogP contribution in [0.2, 0.25) is 0 Å². The molecule has 0 bridgehead atoms. The number of hydrogen-bond acceptors (Lipinski definition) is 4. The Morgan fingerprint density at radius 2 is 1.85 bits per heavy atom. The molecule has 6 nitrogen and oxygen atoms in total. The zero-order valence-electron chi connectivity index (χ0n) is 16.8. The molecule has 27 heavy (non-hydrogen) atoms. The molecule has 0 spiro atoms. The molecule has 1 aromatic rings. The average Bonchev–Trinajstić information content (AvgIpc) is 2.59. The first-order valence-electron chi connectivity index (χ1n) is 9.31. The van der Waals surface area contributed by atoms with Gasteiger partial charge >= 0.3 is 5.97 Å². The lowest BCUT2D eigenvalue weighted by molar-refractivity contribution is -0.153. The summed E-state index contributed by atoms with van der Waals surface area (Å²) in [6, 6.07) is 10.9. The molecule has 2 rings (SSSR count). The van der Waals surface area contributed by atoms with Gasteiger partial charge < -0.3 is 15.4 Å². The molecule has 1 aliphatic heterocycles. The van der Waals surface area contributed by atoms with Gasteiger partial charge in [-0.25, -0.2) is 0 Å². The van der Waals surface area contributed by atoms with Crippen molar-refractivity contribution in [2.24, 2.45) is 4.99 Å². The minimum absolute atomic E-state index is 0. The molecule has 0 saturated carbocycles. The van der Waals surface area contributed by atoms with Crippen molar-refractivity contribution in [3.8, 4) is 0 Å². The number of likely N-dealkylation sites (tertiary alicyclic amines) is 1. The van der Waals surface area contributed by atoms with Gasteiger partial charge in [-0.3, -0.25) is 14.7 Å². The molecule has 7 heteroatoms. The van der Waals surface area contributed by atoms with E-state index in [1.807, 2.05) is 20.8 Å². The highest BCUT2D eigenvalue weighted by atomic mass is 127. The van der Waals surface area contributed by atoms with Crippen LogP contribution in [-0.2, 0) is 16.1 Å². The summed E-state index contributed by atoms with van der Waals surface area (Å²) in [5, 5.41) is 6.45. The van der Waals surface area contributed by atoms with Crippen LogP contribution in [0.15, 0.2) is 35.3 Å². The van der Waals surface area contributed by atoms with Gasteiger partial charge in [0.15, 0.2) is 5.96 Å². The number of ether oxygens (including phenoxy) is 1. The maximum Gasteiger partial charge on any atom is 0.325 e. The second-order valence-electron chi connectivity index (χ2n) is 7.69. The third kappa shape index (κ3) is 9.41. The van der Waals surface area contributed by atoms with E-state index in [2.05, 4.69) is 50.9 Å². The molecule has 1 aromatic carbocycles. The van der Waals surface area contributed by atoms with E-state index >= 15 is 0 Å². The standard InChI is InChI=1S/C20H32N4O2.HI/c1-20(2,3)26-18(25)14-22-19(21-4)23-17-10-12-24(13-11-17)15-16-8-6-5-7-9-16;/h5-9,17H,10-15H2,1-4H3,(H2,21,22,23);1H. The van der Waals surface area contributed by atoms with E-state index in [-0.39, 0.29) is 36.5 Å². The minimum atomic E-state index is -0.471. The van der Waals surface area contributed by atoms with E-state index in [4.69, 9.17) is 4.74 Å². The molecule has 1 aliphatic rings. The van der Waals surface area contributed by atoms with E-state index < -0.39 is 5.60 Å². The molecule has 0 aromatic heterocycles. The van der Waals surface area contributed by atoms with Gasteiger partial charge in [-0.05, 0) is 39.2 Å². The lowest BCUT2D eigenvalue weighted by Gasteiger charge is -2.33. The Morgan fingerprint density at radius 3 is 2.41 bits per heavy atom. The second-order valence-corrected chi connectivity index (χ2v) is 7.69. The number of halogens is 1. The fraction of sp³-hybridized carbons (Fsp3) is 0.600. The van der Waals surface area contributed by atoms with Crippen molar-refractivity contribution in [1.29, 1.82) is 0 Å². The Balaban J connectivity index is 0.00000364. The zero-order valence-corrected chi connectivity index (χ0v) is 19.2. The van der Waals surface area contributed by atoms with Crippen LogP contribution in [0, 0.1) is 0 Å². The zero-order chi connectivity index (χ0) is 19.0. The number of carbonyl (C=O) groups is 1. The Hall–Kier alpha value is -1.35. The van der Waals surface area contributed by atoms with E-state index in [1.165, 1.54) is 5.56 Å². The molecule has 2 N–H and O–H groups in total. The monoisotopic (exact) mass is 488 g/mol. The highest BCUT2D eigenvalue weighted by molar-refractivity contribution is 14.0. The summed E-state index contributed by atoms with van der Waals surface area (Å²) in [5.41, 5.74) is 0.884. The Kier molecular flexibility index (Phi) is 10.1. The third-order valence-electron chi connectivity index (χ3n) is 4.22. The minimum Gasteiger partial charge on any atom is -0.459 e. The fourth-order valence-corrected chi connectivity index (χ4v) is 3.00. The largest absolute Gasteiger partial charge is 0.459 e. The van der Waals surface area contributed by atoms with E-state index in [9.17, 15) is 4.79 Å². The summed E-state index contributed by atoms with van der Waals surface area (Å²) in [5.74, 6) is 0.371. The van der Waals surface area contributed by atoms with Crippen molar-refractivity contribution < 1.29 is 9.53 Å². The summed E-state index contributed by atoms with van der Waals surface area (Å²) in [6.45, 7) is 8.80. The fourth-order valence-electron chi connectivity index (χ4n) is 3.00. The molecule has 0 amide bonds. The maximum absolute atomic E-state index is 11.8. The molecule has 1 saturated heterocycles. The number of hydrogen-bond donors (Lipinski definition) is 2. The van der Waals surface area contributed by atoms with Crippen molar-refractivity contribution in [1.82, 2.24) is 15.5 Å². The van der Waals surface area contributed by atoms with Crippen LogP contribution in [0.25, 0.3) is 0 Å². The number of esters is 1. The van der Waals surface area contributed by atoms with Gasteiger partial charge in [0.25, 0.3) is 0 Å². The van der Waals surface area contributed by atoms with Crippen molar-refractivity contribution >= 4 is 35.9 Å². The van der Waals surface area contributed by atoms with Gasteiger partial charge in [0, 0.05) is 32.7 Å². The lowest BCUT2D eigenvalue weighted by Crippen LogP contribution is -2.49. The van der Waals surface area contributed by atoms with Crippen LogP contribution in [0.5, 0.6) is 0 Å². The van der Waals surface area contributed by atoms with Crippen LogP contribution in [0.4, 0.5) is 0 Å². The van der Waals surface area contributed by atoms with Crippen LogP contribution >= 0.6 is 24.0 Å². The highest BCUT2D eigenvalue weighted by Gasteiger charge is 2.21. The molecule has 0 unspecified atom stereocenters. The Labute approximate surface area is 180 Å². The van der Waals surface area contributed by atoms with Crippen LogP contribution in [0.1, 0.15) is 39.2 Å². The van der Waals surface area contributed by atoms with Crippen molar-refractivity contribution in [3.63, 3.8) is 0 Å². The highest BCUT2D eigenvalue weighted by Crippen LogP contribution is 2.13. The molecule has 1 fully saturated rings. The number of carbonyl (C=O) groups excluding carboxylic acids is 1. The van der Waals surface area contributed by atoms with Gasteiger partial charge in [-0.15, -0.1) is 24.0 Å². The summed E-state index contributed by atoms with van der Waals surface area (Å²) < 4.78 is 5.30. The Morgan fingerprint density at radius 1 is 1.22 bits per heavy atom. The first kappa shape index (κ1) is 23.7. The lowest BCUT2D eigenvalue weighted by atomic mass is 10.0. The van der Waals surface area contributed by atoms with Crippen molar-refractivity contribution in [3.05, 3.63) is 35.9 Å². The van der Waals surface area contributed by atoms with Crippen molar-refractivity contribution in [2.75, 3.05) is 26.7 Å². The predicted molar refractivity (Wildman–Crippen MR) is 120 cm³/mol. The molecule has 0 radical (unpaired) electrons. The number of rotatable bonds is 5. The number of benzene rings is 1. The molecule has 0 atom stereocenters. The summed E-state index contributed by atoms with van der Waals surface area (Å²) in [7, 11) is 1.72. The number of guanidine groups is 1. The summed E-state index contributed by atoms with van der Waals surface area (Å²) in [6.07, 6.45) is 2.11. The van der Waals surface area contributed by atoms with E-state index in [1.54, 1.807) is 7.05 Å². The van der Waals surface area contributed by atoms with Gasteiger partial charge in [0.2, 0.25) is 0 Å². The normalized spacial score (nSPS) is 16.4. The first-order chi connectivity index (χ1) is 12.4. The van der Waals surface area contributed by atoms with E-state index in [0.29, 0.717) is 12.0 Å². The molecular formula is C20H33IN4O2. The Bertz CT molecular complexity index is 594. The van der Waals surface area contributed by atoms with Gasteiger partial charge in [0.05, 0.1) is 0 Å². The quantitative estimate of drug-likeness (QED) is 0.289. The third-order valence-corrected chi connectivity index (χ3v) is 4.22. The second kappa shape index (κ2) is 11.5. The van der Waals surface area contributed by atoms with Crippen LogP contribution < -0.4 is 10.6 Å². The molecule has 152 valence electrons. The molecule has 1 heterocycles. The summed E-state index contributed by atoms with van der Waals surface area (Å²) >= 11 is 0. The van der Waals surface area contributed by atoms with Gasteiger partial charge in [0.1, 0.15) is 12.1 Å². The first-order valence-corrected chi connectivity index (χ1v) is 9.31. The number of aliphatic imine (C=N–C) groups is 1. The number of piperidine rings is 1. The average molecular weight is 488 g/mol. The van der Waals surface area contributed by atoms with Gasteiger partial charge in [-0.2, -0.15) is 0 Å². The van der Waals surface area contributed by atoms with Crippen LogP contribution in [0.3, 0.4) is 0 Å². The topological polar surface area (TPSA) is 66.0 Å². The maximum atomic E-state index is 11.8. The van der Waals surface area contributed by atoms with E-state index in [0.717, 1.165) is 32.5 Å². The molecular weight excluding hydrogens is 455 g/mol. The number of nitrogens with zero attached hydrogens (tertiary/aromatic N) is 2. The number of nitrogens with one attached hydrogen (secondary N) is 2. The summed E-state index contributed by atoms with van der Waals surface area (Å²) in [4.78, 5) is 18.5. The SMILES string of the molecule is CN=C(NCC(=O)OC(C)(C)C)NC1CCN(Cc2ccccc2)CC1.I. The van der Waals surface area contributed by atoms with Gasteiger partial charge in [-0.1, -0.05) is 30.3 Å². The van der Waals surface area contributed by atoms with Crippen molar-refractivity contribution in [2.45, 2.75) is 51.8 Å². The smallest absolute Gasteiger partial charge is 0.325 e. The molecule has 0 aliphatic carbocycles. The predicted octanol–water partition coefficient (Wildman–Crippen LogP) is 2.78. The van der Waals surface area contributed by atoms with Crippen LogP contribution in [-0.4, -0.2) is 55.2 Å².